The summed E-state index contributed by atoms with van der Waals surface area (Å²) in [5.41, 5.74) is 9.95. The van der Waals surface area contributed by atoms with Crippen LogP contribution in [-0.2, 0) is 12.8 Å². The van der Waals surface area contributed by atoms with Crippen LogP contribution < -0.4 is 10.6 Å². The Morgan fingerprint density at radius 1 is 0.714 bits per heavy atom. The zero-order valence-electron chi connectivity index (χ0n) is 19.8. The lowest BCUT2D eigenvalue weighted by molar-refractivity contribution is 0.542. The van der Waals surface area contributed by atoms with E-state index in [2.05, 4.69) is 57.0 Å². The number of H-pyrrole nitrogens is 2. The second-order valence-electron chi connectivity index (χ2n) is 11.6. The van der Waals surface area contributed by atoms with E-state index in [0.717, 1.165) is 65.9 Å². The van der Waals surface area contributed by atoms with Crippen molar-refractivity contribution >= 4 is 11.0 Å². The summed E-state index contributed by atoms with van der Waals surface area (Å²) in [7, 11) is 0. The van der Waals surface area contributed by atoms with Gasteiger partial charge in [0.2, 0.25) is 0 Å². The highest BCUT2D eigenvalue weighted by molar-refractivity contribution is 5.83. The van der Waals surface area contributed by atoms with Crippen LogP contribution in [0.2, 0.25) is 0 Å². The highest BCUT2D eigenvalue weighted by Gasteiger charge is 2.47. The summed E-state index contributed by atoms with van der Waals surface area (Å²) in [6, 6.07) is 15.9. The van der Waals surface area contributed by atoms with Gasteiger partial charge < -0.3 is 20.6 Å². The van der Waals surface area contributed by atoms with Gasteiger partial charge in [-0.3, -0.25) is 0 Å². The Hall–Kier alpha value is -2.96. The third-order valence-corrected chi connectivity index (χ3v) is 9.28. The third-order valence-electron chi connectivity index (χ3n) is 9.28. The van der Waals surface area contributed by atoms with E-state index in [1.807, 2.05) is 0 Å². The zero-order chi connectivity index (χ0) is 22.7. The molecule has 0 bridgehead atoms. The Balaban J connectivity index is 1.05. The minimum atomic E-state index is 0.389. The van der Waals surface area contributed by atoms with Crippen molar-refractivity contribution in [2.75, 3.05) is 0 Å². The second-order valence-corrected chi connectivity index (χ2v) is 11.6. The number of nitrogens with zero attached hydrogens (tertiary/aromatic N) is 2. The van der Waals surface area contributed by atoms with Crippen LogP contribution in [0.3, 0.4) is 0 Å². The average Bonchev–Trinajstić information content (AvgIpc) is 3.50. The molecule has 4 N–H and O–H groups in total. The van der Waals surface area contributed by atoms with Crippen molar-refractivity contribution in [1.29, 1.82) is 0 Å². The molecular weight excluding hydrogens is 432 g/mol. The van der Waals surface area contributed by atoms with Gasteiger partial charge in [0, 0.05) is 23.3 Å². The highest BCUT2D eigenvalue weighted by atomic mass is 15.1. The Labute approximate surface area is 204 Å². The quantitative estimate of drug-likeness (QED) is 0.347. The van der Waals surface area contributed by atoms with Gasteiger partial charge in [-0.05, 0) is 85.6 Å². The first-order valence-corrected chi connectivity index (χ1v) is 13.5. The number of benzene rings is 2. The molecule has 6 heteroatoms. The van der Waals surface area contributed by atoms with Crippen LogP contribution in [0.1, 0.15) is 67.1 Å². The van der Waals surface area contributed by atoms with Gasteiger partial charge in [0.05, 0.1) is 28.8 Å². The molecule has 4 fully saturated rings. The van der Waals surface area contributed by atoms with Crippen LogP contribution in [0.4, 0.5) is 0 Å². The summed E-state index contributed by atoms with van der Waals surface area (Å²) < 4.78 is 0. The minimum Gasteiger partial charge on any atom is -0.344 e. The summed E-state index contributed by atoms with van der Waals surface area (Å²) in [6.07, 6.45) is 8.49. The van der Waals surface area contributed by atoms with Crippen molar-refractivity contribution in [2.24, 2.45) is 11.8 Å². The van der Waals surface area contributed by atoms with Crippen LogP contribution >= 0.6 is 0 Å². The minimum absolute atomic E-state index is 0.389. The maximum atomic E-state index is 5.14. The fourth-order valence-corrected chi connectivity index (χ4v) is 7.10. The summed E-state index contributed by atoms with van der Waals surface area (Å²) >= 11 is 0. The smallest absolute Gasteiger partial charge is 0.124 e. The SMILES string of the molecule is c1cc2c(cc1-c1ccc3nc([C@@H]4CC5C[C@H]5N4)[nH]c3c1)CCCc1[nH]c([C@@H]3C[C@H]4C[C@H]4N3)nc1-2. The maximum absolute atomic E-state index is 5.14. The van der Waals surface area contributed by atoms with Crippen molar-refractivity contribution in [3.05, 3.63) is 59.3 Å². The average molecular weight is 463 g/mol. The molecule has 2 saturated carbocycles. The Bertz CT molecular complexity index is 1480. The molecule has 3 aliphatic carbocycles. The lowest BCUT2D eigenvalue weighted by atomic mass is 9.96. The van der Waals surface area contributed by atoms with E-state index in [0.29, 0.717) is 12.1 Å². The molecule has 2 aromatic heterocycles. The van der Waals surface area contributed by atoms with E-state index in [4.69, 9.17) is 9.97 Å². The van der Waals surface area contributed by atoms with E-state index >= 15 is 0 Å². The third kappa shape index (κ3) is 3.02. The van der Waals surface area contributed by atoms with Gasteiger partial charge in [-0.25, -0.2) is 9.97 Å². The van der Waals surface area contributed by atoms with Gasteiger partial charge >= 0.3 is 0 Å². The lowest BCUT2D eigenvalue weighted by Gasteiger charge is -2.11. The van der Waals surface area contributed by atoms with Crippen LogP contribution in [0.15, 0.2) is 36.4 Å². The molecule has 0 radical (unpaired) electrons. The molecule has 2 aliphatic heterocycles. The molecule has 6 atom stereocenters. The molecule has 0 spiro atoms. The number of imidazole rings is 2. The number of rotatable bonds is 3. The van der Waals surface area contributed by atoms with Crippen molar-refractivity contribution in [3.63, 3.8) is 0 Å². The predicted molar refractivity (Wildman–Crippen MR) is 136 cm³/mol. The van der Waals surface area contributed by atoms with Crippen LogP contribution in [0.25, 0.3) is 33.4 Å². The van der Waals surface area contributed by atoms with Crippen molar-refractivity contribution in [3.8, 4) is 22.4 Å². The van der Waals surface area contributed by atoms with Crippen LogP contribution in [0, 0.1) is 11.8 Å². The molecule has 5 aliphatic rings. The normalized spacial score (nSPS) is 32.1. The van der Waals surface area contributed by atoms with Crippen molar-refractivity contribution in [1.82, 2.24) is 30.6 Å². The number of piperidine rings is 2. The number of aryl methyl sites for hydroxylation is 2. The maximum Gasteiger partial charge on any atom is 0.124 e. The van der Waals surface area contributed by atoms with Gasteiger partial charge in [0.15, 0.2) is 0 Å². The summed E-state index contributed by atoms with van der Waals surface area (Å²) in [5.74, 6) is 3.99. The molecule has 2 saturated heterocycles. The number of aromatic amines is 2. The number of nitrogens with one attached hydrogen (secondary N) is 4. The largest absolute Gasteiger partial charge is 0.344 e. The molecule has 176 valence electrons. The second kappa shape index (κ2) is 6.83. The fraction of sp³-hybridized carbons (Fsp3) is 0.448. The highest BCUT2D eigenvalue weighted by Crippen LogP contribution is 2.47. The molecule has 6 nitrogen and oxygen atoms in total. The topological polar surface area (TPSA) is 81.4 Å². The molecule has 35 heavy (non-hydrogen) atoms. The predicted octanol–water partition coefficient (Wildman–Crippen LogP) is 4.95. The molecule has 2 aromatic carbocycles. The van der Waals surface area contributed by atoms with Gasteiger partial charge in [-0.15, -0.1) is 0 Å². The van der Waals surface area contributed by atoms with E-state index in [-0.39, 0.29) is 0 Å². The van der Waals surface area contributed by atoms with Gasteiger partial charge in [-0.2, -0.15) is 0 Å². The van der Waals surface area contributed by atoms with E-state index in [1.165, 1.54) is 59.3 Å². The molecular formula is C29H30N6. The summed E-state index contributed by atoms with van der Waals surface area (Å²) in [4.78, 5) is 17.4. The first-order valence-electron chi connectivity index (χ1n) is 13.5. The summed E-state index contributed by atoms with van der Waals surface area (Å²) in [5, 5.41) is 7.47. The standard InChI is InChI=1S/C29H30N6/c1-2-16-8-14(15-5-7-20-24(9-15)34-28(32-20)25-12-17-10-22(17)30-25)4-6-19(16)27-21(3-1)33-29(35-27)26-13-18-11-23(18)31-26/h4-9,17-18,22-23,25-26,30-31H,1-3,10-13H2,(H,32,34)(H,33,35)/t17?,18-,22-,23-,25+,26+/m1/s1. The first kappa shape index (κ1) is 19.3. The van der Waals surface area contributed by atoms with Gasteiger partial charge in [-0.1, -0.05) is 24.3 Å². The van der Waals surface area contributed by atoms with Crippen LogP contribution in [-0.4, -0.2) is 32.0 Å². The van der Waals surface area contributed by atoms with Gasteiger partial charge in [0.25, 0.3) is 0 Å². The van der Waals surface area contributed by atoms with Crippen molar-refractivity contribution < 1.29 is 0 Å². The van der Waals surface area contributed by atoms with Crippen LogP contribution in [0.5, 0.6) is 0 Å². The van der Waals surface area contributed by atoms with E-state index in [9.17, 15) is 0 Å². The molecule has 4 heterocycles. The molecule has 0 amide bonds. The Morgan fingerprint density at radius 3 is 2.23 bits per heavy atom. The Kier molecular flexibility index (Phi) is 3.76. The number of hydrogen-bond acceptors (Lipinski definition) is 4. The first-order chi connectivity index (χ1) is 17.2. The van der Waals surface area contributed by atoms with Crippen molar-refractivity contribution in [2.45, 2.75) is 69.1 Å². The lowest BCUT2D eigenvalue weighted by Crippen LogP contribution is -2.18. The molecule has 1 unspecified atom stereocenters. The van der Waals surface area contributed by atoms with Gasteiger partial charge in [0.1, 0.15) is 11.6 Å². The number of fused-ring (bicyclic) bond motifs is 6. The monoisotopic (exact) mass is 462 g/mol. The fourth-order valence-electron chi connectivity index (χ4n) is 7.10. The van der Waals surface area contributed by atoms with E-state index < -0.39 is 0 Å². The number of hydrogen-bond donors (Lipinski definition) is 4. The van der Waals surface area contributed by atoms with E-state index in [1.54, 1.807) is 0 Å². The summed E-state index contributed by atoms with van der Waals surface area (Å²) in [6.45, 7) is 0. The molecule has 4 aromatic rings. The molecule has 9 rings (SSSR count). The number of aromatic nitrogens is 4. The Morgan fingerprint density at radius 2 is 1.46 bits per heavy atom. The zero-order valence-corrected chi connectivity index (χ0v) is 19.8.